The Bertz CT molecular complexity index is 1790. The number of hydrogen-bond acceptors (Lipinski definition) is 7. The van der Waals surface area contributed by atoms with Gasteiger partial charge in [-0.05, 0) is 97.8 Å². The Morgan fingerprint density at radius 2 is 1.70 bits per heavy atom. The van der Waals surface area contributed by atoms with Crippen LogP contribution in [0.3, 0.4) is 0 Å². The maximum atomic E-state index is 13.6. The van der Waals surface area contributed by atoms with Crippen molar-refractivity contribution < 1.29 is 13.9 Å². The van der Waals surface area contributed by atoms with Crippen molar-refractivity contribution in [3.63, 3.8) is 0 Å². The van der Waals surface area contributed by atoms with Crippen LogP contribution in [0.2, 0.25) is 0 Å². The number of nitrogen functional groups attached to an aromatic ring is 1. The summed E-state index contributed by atoms with van der Waals surface area (Å²) in [7, 11) is 1.48. The number of nitrogens with zero attached hydrogens (tertiary/aromatic N) is 5. The van der Waals surface area contributed by atoms with E-state index in [1.54, 1.807) is 18.3 Å². The Morgan fingerprint density at radius 3 is 2.41 bits per heavy atom. The number of rotatable bonds is 7. The molecular weight excluding hydrogens is 555 g/mol. The number of imidazole rings is 1. The number of carbonyl (C=O) groups is 1. The number of hydrogen-bond donors (Lipinski definition) is 1. The third-order valence-electron chi connectivity index (χ3n) is 9.20. The maximum Gasteiger partial charge on any atom is 0.308 e. The molecule has 1 saturated carbocycles. The smallest absolute Gasteiger partial charge is 0.308 e. The summed E-state index contributed by atoms with van der Waals surface area (Å²) in [4.78, 5) is 28.6. The highest BCUT2D eigenvalue weighted by Crippen LogP contribution is 2.35. The Kier molecular flexibility index (Phi) is 7.56. The largest absolute Gasteiger partial charge is 0.469 e. The molecule has 2 aromatic carbocycles. The van der Waals surface area contributed by atoms with E-state index in [1.165, 1.54) is 24.8 Å². The van der Waals surface area contributed by atoms with Gasteiger partial charge in [0.1, 0.15) is 17.2 Å². The lowest BCUT2D eigenvalue weighted by Crippen LogP contribution is -2.47. The van der Waals surface area contributed by atoms with Crippen LogP contribution in [0.15, 0.2) is 79.0 Å². The number of aromatic nitrogens is 4. The predicted octanol–water partition coefficient (Wildman–Crippen LogP) is 6.25. The number of pyridine rings is 2. The topological polar surface area (TPSA) is 99.2 Å². The number of esters is 1. The van der Waals surface area contributed by atoms with Crippen LogP contribution in [0.25, 0.3) is 39.5 Å². The van der Waals surface area contributed by atoms with Gasteiger partial charge in [0.25, 0.3) is 0 Å². The van der Waals surface area contributed by atoms with E-state index >= 15 is 0 Å². The SMILES string of the molecule is COC(=O)C1CCC(CN2CC(c3ccc(-n4c(-c5cccnc5N)nc5ccc(-c6ccc(F)cc6)nc54)cc3)C2)CC1. The molecular formula is C35H35FN6O2. The van der Waals surface area contributed by atoms with Gasteiger partial charge in [-0.15, -0.1) is 0 Å². The lowest BCUT2D eigenvalue weighted by Gasteiger charge is -2.42. The number of benzene rings is 2. The van der Waals surface area contributed by atoms with Crippen LogP contribution < -0.4 is 5.73 Å². The zero-order valence-electron chi connectivity index (χ0n) is 24.7. The molecule has 0 atom stereocenters. The van der Waals surface area contributed by atoms with Crippen LogP contribution in [0, 0.1) is 17.7 Å². The summed E-state index contributed by atoms with van der Waals surface area (Å²) >= 11 is 0. The van der Waals surface area contributed by atoms with Crippen LogP contribution in [0.4, 0.5) is 10.2 Å². The molecule has 8 nitrogen and oxygen atoms in total. The fourth-order valence-electron chi connectivity index (χ4n) is 6.71. The first-order valence-electron chi connectivity index (χ1n) is 15.2. The lowest BCUT2D eigenvalue weighted by atomic mass is 9.80. The van der Waals surface area contributed by atoms with Crippen LogP contribution in [0.5, 0.6) is 0 Å². The Balaban J connectivity index is 1.12. The van der Waals surface area contributed by atoms with Crippen LogP contribution >= 0.6 is 0 Å². The summed E-state index contributed by atoms with van der Waals surface area (Å²) in [5.74, 6) is 1.94. The average molecular weight is 591 g/mol. The van der Waals surface area contributed by atoms with E-state index in [0.717, 1.165) is 73.3 Å². The quantitative estimate of drug-likeness (QED) is 0.224. The molecule has 1 aliphatic heterocycles. The first-order chi connectivity index (χ1) is 21.5. The van der Waals surface area contributed by atoms with Crippen molar-refractivity contribution in [2.45, 2.75) is 31.6 Å². The van der Waals surface area contributed by atoms with Gasteiger partial charge in [0.2, 0.25) is 0 Å². The van der Waals surface area contributed by atoms with Gasteiger partial charge < -0.3 is 15.4 Å². The van der Waals surface area contributed by atoms with Crippen molar-refractivity contribution in [1.82, 2.24) is 24.4 Å². The van der Waals surface area contributed by atoms with E-state index < -0.39 is 0 Å². The van der Waals surface area contributed by atoms with E-state index in [1.807, 2.05) is 28.8 Å². The maximum absolute atomic E-state index is 13.6. The highest BCUT2D eigenvalue weighted by atomic mass is 19.1. The van der Waals surface area contributed by atoms with Gasteiger partial charge in [-0.25, -0.2) is 19.3 Å². The van der Waals surface area contributed by atoms with E-state index in [9.17, 15) is 9.18 Å². The molecule has 7 rings (SSSR count). The predicted molar refractivity (Wildman–Crippen MR) is 169 cm³/mol. The minimum Gasteiger partial charge on any atom is -0.469 e. The summed E-state index contributed by atoms with van der Waals surface area (Å²) in [5, 5.41) is 0. The Morgan fingerprint density at radius 1 is 0.955 bits per heavy atom. The molecule has 3 aromatic heterocycles. The fourth-order valence-corrected chi connectivity index (χ4v) is 6.71. The Labute approximate surface area is 255 Å². The third kappa shape index (κ3) is 5.43. The molecule has 44 heavy (non-hydrogen) atoms. The highest BCUT2D eigenvalue weighted by Gasteiger charge is 2.33. The first kappa shape index (κ1) is 28.2. The fraction of sp³-hybridized carbons (Fsp3) is 0.314. The van der Waals surface area contributed by atoms with Crippen molar-refractivity contribution in [2.24, 2.45) is 11.8 Å². The number of likely N-dealkylation sites (tertiary alicyclic amines) is 1. The zero-order valence-corrected chi connectivity index (χ0v) is 24.7. The number of anilines is 1. The summed E-state index contributed by atoms with van der Waals surface area (Å²) < 4.78 is 20.6. The first-order valence-corrected chi connectivity index (χ1v) is 15.2. The van der Waals surface area contributed by atoms with E-state index in [4.69, 9.17) is 20.4 Å². The minimum atomic E-state index is -0.286. The van der Waals surface area contributed by atoms with Crippen molar-refractivity contribution in [2.75, 3.05) is 32.5 Å². The van der Waals surface area contributed by atoms with Gasteiger partial charge in [0.15, 0.2) is 11.5 Å². The van der Waals surface area contributed by atoms with Crippen molar-refractivity contribution >= 4 is 23.0 Å². The zero-order chi connectivity index (χ0) is 30.2. The lowest BCUT2D eigenvalue weighted by molar-refractivity contribution is -0.146. The Hall–Kier alpha value is -4.63. The molecule has 224 valence electrons. The molecule has 2 aliphatic rings. The molecule has 4 heterocycles. The molecule has 0 bridgehead atoms. The molecule has 5 aromatic rings. The molecule has 9 heteroatoms. The van der Waals surface area contributed by atoms with Crippen LogP contribution in [0.1, 0.15) is 37.2 Å². The molecule has 2 N–H and O–H groups in total. The second-order valence-corrected chi connectivity index (χ2v) is 12.0. The van der Waals surface area contributed by atoms with Gasteiger partial charge in [0.05, 0.1) is 24.3 Å². The number of ether oxygens (including phenoxy) is 1. The van der Waals surface area contributed by atoms with Crippen molar-refractivity contribution in [3.05, 3.63) is 90.4 Å². The standard InChI is InChI=1S/C35H35FN6O2/c1-44-35(43)25-6-4-22(5-7-25)19-41-20-26(21-41)23-10-14-28(15-11-23)42-33(29-3-2-18-38-32(29)37)40-31-17-16-30(39-34(31)42)24-8-12-27(36)13-9-24/h2-3,8-18,22,25-26H,4-7,19-21H2,1H3,(H2,37,38). The van der Waals surface area contributed by atoms with Gasteiger partial charge >= 0.3 is 5.97 Å². The van der Waals surface area contributed by atoms with E-state index in [-0.39, 0.29) is 17.7 Å². The molecule has 2 fully saturated rings. The summed E-state index contributed by atoms with van der Waals surface area (Å²) in [5.41, 5.74) is 12.2. The molecule has 1 saturated heterocycles. The highest BCUT2D eigenvalue weighted by molar-refractivity contribution is 5.84. The minimum absolute atomic E-state index is 0.0558. The normalized spacial score (nSPS) is 19.1. The van der Waals surface area contributed by atoms with Crippen molar-refractivity contribution in [3.8, 4) is 28.3 Å². The number of methoxy groups -OCH3 is 1. The number of halogens is 1. The van der Waals surface area contributed by atoms with Gasteiger partial charge in [-0.1, -0.05) is 12.1 Å². The molecule has 0 amide bonds. The summed E-state index contributed by atoms with van der Waals surface area (Å²) in [6, 6.07) is 22.6. The van der Waals surface area contributed by atoms with Crippen LogP contribution in [-0.2, 0) is 9.53 Å². The van der Waals surface area contributed by atoms with Crippen molar-refractivity contribution in [1.29, 1.82) is 0 Å². The van der Waals surface area contributed by atoms with Gasteiger partial charge in [0, 0.05) is 43.0 Å². The summed E-state index contributed by atoms with van der Waals surface area (Å²) in [6.45, 7) is 3.19. The molecule has 1 aliphatic carbocycles. The van der Waals surface area contributed by atoms with Gasteiger partial charge in [-0.2, -0.15) is 0 Å². The van der Waals surface area contributed by atoms with E-state index in [0.29, 0.717) is 29.1 Å². The number of carbonyl (C=O) groups excluding carboxylic acids is 1. The van der Waals surface area contributed by atoms with Crippen LogP contribution in [-0.4, -0.2) is 57.1 Å². The van der Waals surface area contributed by atoms with Gasteiger partial charge in [-0.3, -0.25) is 9.36 Å². The number of nitrogens with two attached hydrogens (primary N) is 1. The monoisotopic (exact) mass is 590 g/mol. The average Bonchev–Trinajstić information content (AvgIpc) is 3.42. The third-order valence-corrected chi connectivity index (χ3v) is 9.20. The molecule has 0 spiro atoms. The second-order valence-electron chi connectivity index (χ2n) is 12.0. The second kappa shape index (κ2) is 11.8. The summed E-state index contributed by atoms with van der Waals surface area (Å²) in [6.07, 6.45) is 5.73. The molecule has 0 unspecified atom stereocenters. The van der Waals surface area contributed by atoms with E-state index in [2.05, 4.69) is 34.1 Å². The number of fused-ring (bicyclic) bond motifs is 1. The molecule has 0 radical (unpaired) electrons.